The van der Waals surface area contributed by atoms with Crippen molar-refractivity contribution < 1.29 is 34.1 Å². The number of aliphatic carboxylic acids is 2. The number of amides is 2. The van der Waals surface area contributed by atoms with E-state index in [1.54, 1.807) is 30.3 Å². The highest BCUT2D eigenvalue weighted by molar-refractivity contribution is 8.76. The molecule has 2 aromatic carbocycles. The van der Waals surface area contributed by atoms with Gasteiger partial charge in [-0.25, -0.2) is 9.59 Å². The lowest BCUT2D eigenvalue weighted by Gasteiger charge is -2.19. The number of carboxylic acid groups (broad SMARTS) is 2. The van der Waals surface area contributed by atoms with E-state index in [-0.39, 0.29) is 23.8 Å². The minimum absolute atomic E-state index is 0.0684. The quantitative estimate of drug-likeness (QED) is 0.222. The Morgan fingerprint density at radius 1 is 0.769 bits per heavy atom. The maximum atomic E-state index is 13.1. The van der Waals surface area contributed by atoms with Crippen molar-refractivity contribution in [1.29, 1.82) is 0 Å². The average molecular weight is 577 g/mol. The van der Waals surface area contributed by atoms with E-state index in [1.165, 1.54) is 28.7 Å². The van der Waals surface area contributed by atoms with Crippen LogP contribution in [0.2, 0.25) is 0 Å². The second-order valence-corrected chi connectivity index (χ2v) is 12.2. The van der Waals surface area contributed by atoms with E-state index in [2.05, 4.69) is 10.6 Å². The number of rotatable bonds is 14. The summed E-state index contributed by atoms with van der Waals surface area (Å²) in [6.07, 6.45) is 0.574. The molecule has 0 radical (unpaired) electrons. The third-order valence-electron chi connectivity index (χ3n) is 5.66. The summed E-state index contributed by atoms with van der Waals surface area (Å²) in [6, 6.07) is 8.03. The lowest BCUT2D eigenvalue weighted by atomic mass is 10.0. The number of benzene rings is 2. The molecule has 11 heteroatoms. The molecule has 212 valence electrons. The molecule has 2 amide bonds. The first kappa shape index (κ1) is 32.0. The van der Waals surface area contributed by atoms with Crippen LogP contribution in [-0.4, -0.2) is 53.2 Å². The van der Waals surface area contributed by atoms with Gasteiger partial charge in [-0.3, -0.25) is 9.59 Å². The summed E-state index contributed by atoms with van der Waals surface area (Å²) in [4.78, 5) is 50.7. The zero-order chi connectivity index (χ0) is 29.3. The number of carboxylic acids is 2. The molecule has 2 rings (SSSR count). The molecular weight excluding hydrogens is 540 g/mol. The standard InChI is InChI=1S/C28H36N2O7S2/c1-15(2)11-21(27(33)34)29-25(31)19-9-7-17(5)13-23(19)38-39-24-14-18(37-6)8-10-20(24)26(32)30-22(28(35)36)12-16(3)4/h7-10,13-16,21-22H,11-12H2,1-6H3,(H,29,31)(H,30,32)(H,33,34)(H,35,36)/t21-,22+/m1/s1. The number of hydrogen-bond donors (Lipinski definition) is 4. The van der Waals surface area contributed by atoms with Crippen LogP contribution < -0.4 is 15.4 Å². The molecular formula is C28H36N2O7S2. The van der Waals surface area contributed by atoms with Gasteiger partial charge in [0.25, 0.3) is 11.8 Å². The maximum absolute atomic E-state index is 13.1. The molecule has 0 saturated heterocycles. The zero-order valence-corrected chi connectivity index (χ0v) is 24.6. The highest BCUT2D eigenvalue weighted by Gasteiger charge is 2.25. The van der Waals surface area contributed by atoms with E-state index in [1.807, 2.05) is 40.7 Å². The Morgan fingerprint density at radius 3 is 1.62 bits per heavy atom. The summed E-state index contributed by atoms with van der Waals surface area (Å²) in [5, 5.41) is 24.3. The number of carbonyl (C=O) groups is 4. The predicted molar refractivity (Wildman–Crippen MR) is 153 cm³/mol. The van der Waals surface area contributed by atoms with Gasteiger partial charge in [-0.15, -0.1) is 0 Å². The number of ether oxygens (including phenoxy) is 1. The summed E-state index contributed by atoms with van der Waals surface area (Å²) in [5.74, 6) is -2.60. The summed E-state index contributed by atoms with van der Waals surface area (Å²) < 4.78 is 5.32. The van der Waals surface area contributed by atoms with Crippen LogP contribution in [0.5, 0.6) is 5.75 Å². The fraction of sp³-hybridized carbons (Fsp3) is 0.429. The van der Waals surface area contributed by atoms with Crippen molar-refractivity contribution in [1.82, 2.24) is 10.6 Å². The number of nitrogens with one attached hydrogen (secondary N) is 2. The van der Waals surface area contributed by atoms with Gasteiger partial charge in [0.1, 0.15) is 17.8 Å². The van der Waals surface area contributed by atoms with Crippen molar-refractivity contribution in [2.45, 2.75) is 69.3 Å². The fourth-order valence-electron chi connectivity index (χ4n) is 3.72. The zero-order valence-electron chi connectivity index (χ0n) is 22.9. The smallest absolute Gasteiger partial charge is 0.326 e. The van der Waals surface area contributed by atoms with E-state index in [4.69, 9.17) is 4.74 Å². The molecule has 9 nitrogen and oxygen atoms in total. The van der Waals surface area contributed by atoms with Gasteiger partial charge >= 0.3 is 11.9 Å². The van der Waals surface area contributed by atoms with E-state index >= 15 is 0 Å². The van der Waals surface area contributed by atoms with Gasteiger partial charge in [0.05, 0.1) is 18.2 Å². The molecule has 2 aromatic rings. The van der Waals surface area contributed by atoms with Gasteiger partial charge in [-0.05, 0) is 67.5 Å². The number of methoxy groups -OCH3 is 1. The second kappa shape index (κ2) is 14.8. The topological polar surface area (TPSA) is 142 Å². The molecule has 0 aliphatic carbocycles. The molecule has 2 atom stereocenters. The van der Waals surface area contributed by atoms with Crippen molar-refractivity contribution in [2.24, 2.45) is 11.8 Å². The number of hydrogen-bond acceptors (Lipinski definition) is 7. The molecule has 0 aromatic heterocycles. The molecule has 4 N–H and O–H groups in total. The minimum Gasteiger partial charge on any atom is -0.497 e. The Hall–Kier alpha value is -3.18. The van der Waals surface area contributed by atoms with Gasteiger partial charge in [0.15, 0.2) is 0 Å². The highest BCUT2D eigenvalue weighted by Crippen LogP contribution is 2.42. The van der Waals surface area contributed by atoms with Gasteiger partial charge in [0.2, 0.25) is 0 Å². The monoisotopic (exact) mass is 576 g/mol. The van der Waals surface area contributed by atoms with Crippen LogP contribution in [0.4, 0.5) is 0 Å². The molecule has 0 saturated carbocycles. The molecule has 0 bridgehead atoms. The Balaban J connectivity index is 2.34. The maximum Gasteiger partial charge on any atom is 0.326 e. The van der Waals surface area contributed by atoms with Crippen molar-refractivity contribution in [3.8, 4) is 5.75 Å². The van der Waals surface area contributed by atoms with Crippen LogP contribution in [-0.2, 0) is 9.59 Å². The average Bonchev–Trinajstić information content (AvgIpc) is 2.85. The lowest BCUT2D eigenvalue weighted by molar-refractivity contribution is -0.140. The fourth-order valence-corrected chi connectivity index (χ4v) is 6.16. The third kappa shape index (κ3) is 9.81. The number of carbonyl (C=O) groups excluding carboxylic acids is 2. The Kier molecular flexibility index (Phi) is 12.2. The van der Waals surface area contributed by atoms with Crippen LogP contribution in [0.15, 0.2) is 46.2 Å². The molecule has 39 heavy (non-hydrogen) atoms. The summed E-state index contributed by atoms with van der Waals surface area (Å²) in [7, 11) is 3.95. The van der Waals surface area contributed by atoms with E-state index < -0.39 is 35.8 Å². The van der Waals surface area contributed by atoms with Gasteiger partial charge in [-0.2, -0.15) is 0 Å². The largest absolute Gasteiger partial charge is 0.497 e. The summed E-state index contributed by atoms with van der Waals surface area (Å²) >= 11 is 0. The molecule has 0 aliphatic rings. The molecule has 0 fully saturated rings. The van der Waals surface area contributed by atoms with Crippen LogP contribution in [0.1, 0.15) is 66.8 Å². The second-order valence-electron chi connectivity index (χ2n) is 10.0. The summed E-state index contributed by atoms with van der Waals surface area (Å²) in [6.45, 7) is 9.40. The minimum atomic E-state index is -1.11. The first-order valence-corrected chi connectivity index (χ1v) is 14.7. The van der Waals surface area contributed by atoms with Crippen molar-refractivity contribution in [3.63, 3.8) is 0 Å². The normalized spacial score (nSPS) is 12.6. The SMILES string of the molecule is COc1ccc(C(=O)N[C@@H](CC(C)C)C(=O)O)c(SSc2cc(C)ccc2C(=O)N[C@H](CC(C)C)C(=O)O)c1. The first-order chi connectivity index (χ1) is 18.3. The summed E-state index contributed by atoms with van der Waals surface area (Å²) in [5.41, 5.74) is 1.47. The molecule has 0 unspecified atom stereocenters. The van der Waals surface area contributed by atoms with E-state index in [0.29, 0.717) is 27.5 Å². The molecule has 0 spiro atoms. The van der Waals surface area contributed by atoms with Crippen molar-refractivity contribution in [2.75, 3.05) is 7.11 Å². The first-order valence-electron chi connectivity index (χ1n) is 12.5. The Morgan fingerprint density at radius 2 is 1.21 bits per heavy atom. The van der Waals surface area contributed by atoms with Crippen LogP contribution >= 0.6 is 21.6 Å². The lowest BCUT2D eigenvalue weighted by Crippen LogP contribution is -2.41. The van der Waals surface area contributed by atoms with E-state index in [0.717, 1.165) is 5.56 Å². The van der Waals surface area contributed by atoms with Crippen molar-refractivity contribution in [3.05, 3.63) is 53.1 Å². The predicted octanol–water partition coefficient (Wildman–Crippen LogP) is 5.26. The Labute approximate surface area is 236 Å². The Bertz CT molecular complexity index is 1200. The van der Waals surface area contributed by atoms with Crippen LogP contribution in [0.25, 0.3) is 0 Å². The molecule has 0 aliphatic heterocycles. The van der Waals surface area contributed by atoms with Gasteiger partial charge < -0.3 is 25.6 Å². The highest BCUT2D eigenvalue weighted by atomic mass is 33.1. The molecule has 0 heterocycles. The van der Waals surface area contributed by atoms with Gasteiger partial charge in [0, 0.05) is 9.79 Å². The number of aryl methyl sites for hydroxylation is 1. The van der Waals surface area contributed by atoms with Gasteiger partial charge in [-0.1, -0.05) is 55.3 Å². The van der Waals surface area contributed by atoms with Crippen LogP contribution in [0, 0.1) is 18.8 Å². The van der Waals surface area contributed by atoms with Crippen LogP contribution in [0.3, 0.4) is 0 Å². The third-order valence-corrected chi connectivity index (χ3v) is 8.10. The van der Waals surface area contributed by atoms with E-state index in [9.17, 15) is 29.4 Å². The van der Waals surface area contributed by atoms with Crippen molar-refractivity contribution >= 4 is 45.3 Å².